The average Bonchev–Trinajstić information content (AvgIpc) is 2.01. The molecule has 1 atom stereocenters. The maximum atomic E-state index is 11.5. The van der Waals surface area contributed by atoms with Crippen molar-refractivity contribution in [2.24, 2.45) is 0 Å². The minimum Gasteiger partial charge on any atom is -0.459 e. The number of unbranched alkanes of at least 4 members (excludes halogenated alkanes) is 1. The predicted molar refractivity (Wildman–Crippen MR) is 66.2 cm³/mol. The summed E-state index contributed by atoms with van der Waals surface area (Å²) in [6, 6.07) is 0. The Morgan fingerprint density at radius 3 is 2.36 bits per heavy atom. The lowest BCUT2D eigenvalue weighted by atomic mass is 10.1. The summed E-state index contributed by atoms with van der Waals surface area (Å²) in [4.78, 5) is 11.3. The Morgan fingerprint density at radius 1 is 1.36 bits per heavy atom. The van der Waals surface area contributed by atoms with Gasteiger partial charge in [0.05, 0.1) is 0 Å². The molecule has 0 saturated heterocycles. The van der Waals surface area contributed by atoms with Gasteiger partial charge in [0.2, 0.25) is 0 Å². The van der Waals surface area contributed by atoms with Gasteiger partial charge in [-0.1, -0.05) is 38.3 Å². The summed E-state index contributed by atoms with van der Waals surface area (Å²) in [6.45, 7) is 5.63. The molecular weight excluding hydrogens is 312 g/mol. The molecule has 1 unspecified atom stereocenters. The van der Waals surface area contributed by atoms with Crippen molar-refractivity contribution >= 4 is 37.8 Å². The molecule has 0 fully saturated rings. The van der Waals surface area contributed by atoms with Crippen LogP contribution in [0.25, 0.3) is 0 Å². The lowest BCUT2D eigenvalue weighted by Gasteiger charge is -2.21. The van der Waals surface area contributed by atoms with Gasteiger partial charge in [-0.15, -0.1) is 0 Å². The molecule has 0 amide bonds. The number of halogens is 2. The van der Waals surface area contributed by atoms with Gasteiger partial charge >= 0.3 is 5.97 Å². The van der Waals surface area contributed by atoms with Crippen LogP contribution in [0.4, 0.5) is 0 Å². The van der Waals surface area contributed by atoms with Crippen molar-refractivity contribution in [1.29, 1.82) is 0 Å². The predicted octanol–water partition coefficient (Wildman–Crippen LogP) is 3.66. The van der Waals surface area contributed by atoms with Gasteiger partial charge in [-0.3, -0.25) is 4.79 Å². The molecule has 0 aliphatic rings. The number of alkyl halides is 2. The lowest BCUT2D eigenvalue weighted by Crippen LogP contribution is -2.28. The van der Waals surface area contributed by atoms with Crippen LogP contribution in [0.2, 0.25) is 0 Å². The summed E-state index contributed by atoms with van der Waals surface area (Å²) < 4.78 is 5.23. The highest BCUT2D eigenvalue weighted by Crippen LogP contribution is 2.16. The lowest BCUT2D eigenvalue weighted by molar-refractivity contribution is -0.154. The molecule has 0 N–H and O–H groups in total. The van der Waals surface area contributed by atoms with Gasteiger partial charge in [0.15, 0.2) is 0 Å². The third-order valence-electron chi connectivity index (χ3n) is 1.50. The smallest absolute Gasteiger partial charge is 0.320 e. The van der Waals surface area contributed by atoms with Crippen molar-refractivity contribution in [2.75, 3.05) is 5.33 Å². The fraction of sp³-hybridized carbons (Fsp3) is 0.900. The van der Waals surface area contributed by atoms with Gasteiger partial charge < -0.3 is 4.74 Å². The van der Waals surface area contributed by atoms with E-state index in [1.807, 2.05) is 20.8 Å². The molecule has 0 spiro atoms. The summed E-state index contributed by atoms with van der Waals surface area (Å²) >= 11 is 6.69. The van der Waals surface area contributed by atoms with Crippen LogP contribution in [-0.4, -0.2) is 21.7 Å². The Balaban J connectivity index is 3.77. The number of carbonyl (C=O) groups excluding carboxylic acids is 1. The summed E-state index contributed by atoms with van der Waals surface area (Å²) in [5.41, 5.74) is -0.390. The molecule has 14 heavy (non-hydrogen) atoms. The van der Waals surface area contributed by atoms with E-state index >= 15 is 0 Å². The van der Waals surface area contributed by atoms with Crippen molar-refractivity contribution in [1.82, 2.24) is 0 Å². The Bertz CT molecular complexity index is 175. The van der Waals surface area contributed by atoms with E-state index in [0.29, 0.717) is 0 Å². The molecule has 0 aliphatic carbocycles. The van der Waals surface area contributed by atoms with E-state index < -0.39 is 5.60 Å². The number of hydrogen-bond donors (Lipinski definition) is 0. The van der Waals surface area contributed by atoms with Crippen LogP contribution in [0.3, 0.4) is 0 Å². The normalized spacial score (nSPS) is 13.8. The quantitative estimate of drug-likeness (QED) is 0.437. The van der Waals surface area contributed by atoms with Crippen LogP contribution >= 0.6 is 31.9 Å². The zero-order valence-corrected chi connectivity index (χ0v) is 12.2. The molecule has 0 bridgehead atoms. The van der Waals surface area contributed by atoms with E-state index in [4.69, 9.17) is 4.74 Å². The van der Waals surface area contributed by atoms with Crippen molar-refractivity contribution in [3.63, 3.8) is 0 Å². The molecule has 0 rings (SSSR count). The number of rotatable bonds is 5. The molecule has 0 aromatic heterocycles. The Kier molecular flexibility index (Phi) is 7.04. The molecule has 0 aliphatic heterocycles. The molecule has 4 heteroatoms. The third-order valence-corrected chi connectivity index (χ3v) is 2.90. The maximum Gasteiger partial charge on any atom is 0.320 e. The topological polar surface area (TPSA) is 26.3 Å². The highest BCUT2D eigenvalue weighted by Gasteiger charge is 2.22. The van der Waals surface area contributed by atoms with Gasteiger partial charge in [-0.25, -0.2) is 0 Å². The molecule has 0 radical (unpaired) electrons. The molecule has 0 saturated carbocycles. The van der Waals surface area contributed by atoms with Crippen LogP contribution in [0.15, 0.2) is 0 Å². The SMILES string of the molecule is CC(C)(C)OC(=O)C(Br)CCCCBr. The van der Waals surface area contributed by atoms with Crippen molar-refractivity contribution < 1.29 is 9.53 Å². The minimum atomic E-state index is -0.390. The third kappa shape index (κ3) is 7.80. The van der Waals surface area contributed by atoms with Crippen molar-refractivity contribution in [3.8, 4) is 0 Å². The fourth-order valence-corrected chi connectivity index (χ4v) is 1.72. The van der Waals surface area contributed by atoms with Crippen LogP contribution in [0.5, 0.6) is 0 Å². The minimum absolute atomic E-state index is 0.160. The van der Waals surface area contributed by atoms with Gasteiger partial charge in [0.25, 0.3) is 0 Å². The van der Waals surface area contributed by atoms with E-state index in [1.165, 1.54) is 0 Å². The van der Waals surface area contributed by atoms with E-state index in [1.54, 1.807) is 0 Å². The van der Waals surface area contributed by atoms with Crippen molar-refractivity contribution in [3.05, 3.63) is 0 Å². The van der Waals surface area contributed by atoms with Gasteiger partial charge in [-0.2, -0.15) is 0 Å². The number of carbonyl (C=O) groups is 1. The maximum absolute atomic E-state index is 11.5. The largest absolute Gasteiger partial charge is 0.459 e. The van der Waals surface area contributed by atoms with E-state index in [9.17, 15) is 4.79 Å². The molecular formula is C10H18Br2O2. The first kappa shape index (κ1) is 14.4. The number of esters is 1. The van der Waals surface area contributed by atoms with E-state index in [2.05, 4.69) is 31.9 Å². The second-order valence-corrected chi connectivity index (χ2v) is 6.08. The number of ether oxygens (including phenoxy) is 1. The fourth-order valence-electron chi connectivity index (χ4n) is 0.902. The highest BCUT2D eigenvalue weighted by atomic mass is 79.9. The van der Waals surface area contributed by atoms with Gasteiger partial charge in [0, 0.05) is 5.33 Å². The average molecular weight is 330 g/mol. The highest BCUT2D eigenvalue weighted by molar-refractivity contribution is 9.10. The monoisotopic (exact) mass is 328 g/mol. The standard InChI is InChI=1S/C10H18Br2O2/c1-10(2,3)14-9(13)8(12)6-4-5-7-11/h8H,4-7H2,1-3H3. The first-order chi connectivity index (χ1) is 6.37. The summed E-state index contributed by atoms with van der Waals surface area (Å²) in [5.74, 6) is -0.160. The first-order valence-electron chi connectivity index (χ1n) is 4.79. The van der Waals surface area contributed by atoms with E-state index in [-0.39, 0.29) is 10.8 Å². The zero-order valence-electron chi connectivity index (χ0n) is 8.98. The molecule has 0 heterocycles. The van der Waals surface area contributed by atoms with Gasteiger partial charge in [-0.05, 0) is 33.6 Å². The Hall–Kier alpha value is 0.430. The second kappa shape index (κ2) is 6.83. The van der Waals surface area contributed by atoms with Crippen LogP contribution in [-0.2, 0) is 9.53 Å². The van der Waals surface area contributed by atoms with Crippen LogP contribution < -0.4 is 0 Å². The second-order valence-electron chi connectivity index (χ2n) is 4.19. The van der Waals surface area contributed by atoms with Gasteiger partial charge in [0.1, 0.15) is 10.4 Å². The first-order valence-corrected chi connectivity index (χ1v) is 6.83. The molecule has 0 aromatic rings. The molecule has 2 nitrogen and oxygen atoms in total. The molecule has 0 aromatic carbocycles. The Labute approximate surface area is 103 Å². The molecule has 84 valence electrons. The Morgan fingerprint density at radius 2 is 1.93 bits per heavy atom. The summed E-state index contributed by atoms with van der Waals surface area (Å²) in [6.07, 6.45) is 2.95. The van der Waals surface area contributed by atoms with Crippen LogP contribution in [0, 0.1) is 0 Å². The summed E-state index contributed by atoms with van der Waals surface area (Å²) in [5, 5.41) is 0.987. The number of hydrogen-bond acceptors (Lipinski definition) is 2. The van der Waals surface area contributed by atoms with E-state index in [0.717, 1.165) is 24.6 Å². The zero-order chi connectivity index (χ0) is 11.2. The van der Waals surface area contributed by atoms with Crippen LogP contribution in [0.1, 0.15) is 40.0 Å². The van der Waals surface area contributed by atoms with Crippen molar-refractivity contribution in [2.45, 2.75) is 50.5 Å². The summed E-state index contributed by atoms with van der Waals surface area (Å²) in [7, 11) is 0.